The summed E-state index contributed by atoms with van der Waals surface area (Å²) in [6, 6.07) is 12.4. The maximum Gasteiger partial charge on any atom is 0.243 e. The number of hydrogen-bond acceptors (Lipinski definition) is 6. The number of benzene rings is 2. The zero-order valence-corrected chi connectivity index (χ0v) is 20.5. The third-order valence-electron chi connectivity index (χ3n) is 6.32. The van der Waals surface area contributed by atoms with E-state index in [2.05, 4.69) is 10.2 Å². The molecule has 0 bridgehead atoms. The second kappa shape index (κ2) is 11.2. The Morgan fingerprint density at radius 1 is 0.971 bits per heavy atom. The number of amides is 1. The van der Waals surface area contributed by atoms with Crippen LogP contribution in [0.1, 0.15) is 31.2 Å². The van der Waals surface area contributed by atoms with Gasteiger partial charge >= 0.3 is 0 Å². The highest BCUT2D eigenvalue weighted by Crippen LogP contribution is 2.32. The van der Waals surface area contributed by atoms with Crippen molar-refractivity contribution in [3.8, 4) is 5.75 Å². The summed E-state index contributed by atoms with van der Waals surface area (Å²) >= 11 is 0. The minimum absolute atomic E-state index is 0.184. The van der Waals surface area contributed by atoms with Crippen molar-refractivity contribution in [1.29, 1.82) is 0 Å². The molecule has 4 rings (SSSR count). The topological polar surface area (TPSA) is 88.2 Å². The molecule has 2 heterocycles. The highest BCUT2D eigenvalue weighted by atomic mass is 32.2. The number of anilines is 2. The molecular weight excluding hydrogens is 454 g/mol. The number of morpholine rings is 1. The fourth-order valence-electron chi connectivity index (χ4n) is 4.42. The fourth-order valence-corrected chi connectivity index (χ4v) is 5.86. The van der Waals surface area contributed by atoms with Gasteiger partial charge in [0.15, 0.2) is 0 Å². The standard InChI is InChI=1S/C25H33N3O5S/c1-32-21-8-6-20(7-9-21)18-25(29)26-23-19-22(34(30,31)28-14-16-33-17-15-28)10-11-24(23)27-12-4-2-3-5-13-27/h6-11,19H,2-5,12-18H2,1H3,(H,26,29). The molecule has 1 N–H and O–H groups in total. The Balaban J connectivity index is 1.60. The summed E-state index contributed by atoms with van der Waals surface area (Å²) < 4.78 is 38.4. The molecule has 2 aromatic rings. The number of nitrogens with one attached hydrogen (secondary N) is 1. The molecule has 0 unspecified atom stereocenters. The van der Waals surface area contributed by atoms with E-state index < -0.39 is 10.0 Å². The van der Waals surface area contributed by atoms with Crippen LogP contribution in [0.5, 0.6) is 5.75 Å². The molecule has 0 radical (unpaired) electrons. The monoisotopic (exact) mass is 487 g/mol. The number of carbonyl (C=O) groups is 1. The Morgan fingerprint density at radius 2 is 1.65 bits per heavy atom. The van der Waals surface area contributed by atoms with Crippen molar-refractivity contribution in [1.82, 2.24) is 4.31 Å². The van der Waals surface area contributed by atoms with Crippen LogP contribution in [0, 0.1) is 0 Å². The number of rotatable bonds is 7. The van der Waals surface area contributed by atoms with Crippen molar-refractivity contribution in [2.75, 3.05) is 56.7 Å². The molecule has 0 aromatic heterocycles. The average molecular weight is 488 g/mol. The number of sulfonamides is 1. The van der Waals surface area contributed by atoms with Crippen LogP contribution >= 0.6 is 0 Å². The molecule has 0 atom stereocenters. The lowest BCUT2D eigenvalue weighted by Gasteiger charge is -2.28. The average Bonchev–Trinajstić information content (AvgIpc) is 3.14. The van der Waals surface area contributed by atoms with Gasteiger partial charge in [0, 0.05) is 26.2 Å². The summed E-state index contributed by atoms with van der Waals surface area (Å²) in [6.45, 7) is 3.20. The quantitative estimate of drug-likeness (QED) is 0.645. The van der Waals surface area contributed by atoms with Crippen LogP contribution in [0.4, 0.5) is 11.4 Å². The second-order valence-electron chi connectivity index (χ2n) is 8.67. The third kappa shape index (κ3) is 5.89. The smallest absolute Gasteiger partial charge is 0.243 e. The Labute approximate surface area is 201 Å². The summed E-state index contributed by atoms with van der Waals surface area (Å²) in [6.07, 6.45) is 4.70. The number of nitrogens with zero attached hydrogens (tertiary/aromatic N) is 2. The number of hydrogen-bond donors (Lipinski definition) is 1. The molecule has 1 amide bonds. The van der Waals surface area contributed by atoms with E-state index in [-0.39, 0.29) is 17.2 Å². The maximum atomic E-state index is 13.3. The van der Waals surface area contributed by atoms with Gasteiger partial charge in [-0.3, -0.25) is 4.79 Å². The molecule has 184 valence electrons. The van der Waals surface area contributed by atoms with E-state index in [0.29, 0.717) is 32.0 Å². The number of ether oxygens (including phenoxy) is 2. The minimum atomic E-state index is -3.67. The van der Waals surface area contributed by atoms with Gasteiger partial charge in [0.05, 0.1) is 43.0 Å². The molecule has 2 fully saturated rings. The third-order valence-corrected chi connectivity index (χ3v) is 8.22. The lowest BCUT2D eigenvalue weighted by molar-refractivity contribution is -0.115. The molecule has 9 heteroatoms. The largest absolute Gasteiger partial charge is 0.497 e. The highest BCUT2D eigenvalue weighted by molar-refractivity contribution is 7.89. The normalized spacial score (nSPS) is 17.7. The summed E-state index contributed by atoms with van der Waals surface area (Å²) in [7, 11) is -2.07. The molecule has 8 nitrogen and oxygen atoms in total. The molecule has 2 aliphatic heterocycles. The van der Waals surface area contributed by atoms with Crippen LogP contribution < -0.4 is 15.0 Å². The van der Waals surface area contributed by atoms with Crippen LogP contribution in [-0.2, 0) is 26.0 Å². The van der Waals surface area contributed by atoms with Gasteiger partial charge in [-0.2, -0.15) is 4.31 Å². The van der Waals surface area contributed by atoms with E-state index in [1.54, 1.807) is 19.2 Å². The molecule has 0 aliphatic carbocycles. The molecule has 34 heavy (non-hydrogen) atoms. The van der Waals surface area contributed by atoms with Crippen LogP contribution in [-0.4, -0.2) is 65.1 Å². The predicted molar refractivity (Wildman–Crippen MR) is 132 cm³/mol. The van der Waals surface area contributed by atoms with Gasteiger partial charge in [0.2, 0.25) is 15.9 Å². The van der Waals surface area contributed by atoms with E-state index in [0.717, 1.165) is 42.9 Å². The van der Waals surface area contributed by atoms with Crippen molar-refractivity contribution in [3.05, 3.63) is 48.0 Å². The molecular formula is C25H33N3O5S. The molecule has 2 aromatic carbocycles. The second-order valence-corrected chi connectivity index (χ2v) is 10.6. The molecule has 2 aliphatic rings. The number of carbonyl (C=O) groups excluding carboxylic acids is 1. The van der Waals surface area contributed by atoms with Gasteiger partial charge in [-0.25, -0.2) is 8.42 Å². The van der Waals surface area contributed by atoms with Gasteiger partial charge in [-0.15, -0.1) is 0 Å². The van der Waals surface area contributed by atoms with Gasteiger partial charge in [0.1, 0.15) is 5.75 Å². The van der Waals surface area contributed by atoms with E-state index >= 15 is 0 Å². The fraction of sp³-hybridized carbons (Fsp3) is 0.480. The first-order chi connectivity index (χ1) is 16.5. The van der Waals surface area contributed by atoms with E-state index in [4.69, 9.17) is 9.47 Å². The van der Waals surface area contributed by atoms with Gasteiger partial charge in [-0.05, 0) is 48.7 Å². The Bertz CT molecular complexity index is 1070. The first-order valence-electron chi connectivity index (χ1n) is 11.9. The first kappa shape index (κ1) is 24.5. The van der Waals surface area contributed by atoms with E-state index in [1.165, 1.54) is 17.1 Å². The van der Waals surface area contributed by atoms with Crippen molar-refractivity contribution in [3.63, 3.8) is 0 Å². The Hall–Kier alpha value is -2.62. The van der Waals surface area contributed by atoms with E-state index in [9.17, 15) is 13.2 Å². The Kier molecular flexibility index (Phi) is 8.07. The summed E-state index contributed by atoms with van der Waals surface area (Å²) in [5, 5.41) is 3.00. The lowest BCUT2D eigenvalue weighted by atomic mass is 10.1. The van der Waals surface area contributed by atoms with Crippen LogP contribution in [0.2, 0.25) is 0 Å². The minimum Gasteiger partial charge on any atom is -0.497 e. The zero-order valence-electron chi connectivity index (χ0n) is 19.7. The van der Waals surface area contributed by atoms with Crippen molar-refractivity contribution in [2.24, 2.45) is 0 Å². The zero-order chi connectivity index (χ0) is 24.0. The molecule has 0 spiro atoms. The van der Waals surface area contributed by atoms with Gasteiger partial charge < -0.3 is 19.7 Å². The lowest BCUT2D eigenvalue weighted by Crippen LogP contribution is -2.40. The van der Waals surface area contributed by atoms with Crippen LogP contribution in [0.25, 0.3) is 0 Å². The van der Waals surface area contributed by atoms with Gasteiger partial charge in [-0.1, -0.05) is 25.0 Å². The summed E-state index contributed by atoms with van der Waals surface area (Å²) in [5.41, 5.74) is 2.26. The summed E-state index contributed by atoms with van der Waals surface area (Å²) in [5.74, 6) is 0.538. The SMILES string of the molecule is COc1ccc(CC(=O)Nc2cc(S(=O)(=O)N3CCOCC3)ccc2N2CCCCCC2)cc1. The van der Waals surface area contributed by atoms with Crippen LogP contribution in [0.15, 0.2) is 47.4 Å². The molecule has 2 saturated heterocycles. The van der Waals surface area contributed by atoms with Gasteiger partial charge in [0.25, 0.3) is 0 Å². The summed E-state index contributed by atoms with van der Waals surface area (Å²) in [4.78, 5) is 15.4. The Morgan fingerprint density at radius 3 is 2.29 bits per heavy atom. The van der Waals surface area contributed by atoms with Crippen molar-refractivity contribution < 1.29 is 22.7 Å². The van der Waals surface area contributed by atoms with Crippen LogP contribution in [0.3, 0.4) is 0 Å². The predicted octanol–water partition coefficient (Wildman–Crippen LogP) is 3.28. The van der Waals surface area contributed by atoms with Crippen molar-refractivity contribution >= 4 is 27.3 Å². The van der Waals surface area contributed by atoms with Crippen molar-refractivity contribution in [2.45, 2.75) is 37.0 Å². The van der Waals surface area contributed by atoms with E-state index in [1.807, 2.05) is 30.3 Å². The highest BCUT2D eigenvalue weighted by Gasteiger charge is 2.28. The molecule has 0 saturated carbocycles. The number of methoxy groups -OCH3 is 1. The maximum absolute atomic E-state index is 13.3. The first-order valence-corrected chi connectivity index (χ1v) is 13.3.